The van der Waals surface area contributed by atoms with Crippen LogP contribution in [0.3, 0.4) is 0 Å². The standard InChI is InChI=1S/C11H10BrN3O2/c12-9-10(14-6-15-11(9)17)13-5-7-1-3-8(16)4-2-7/h1-4,6,16H,5H2,(H2,13,14,15,17). The number of hydrogen-bond donors (Lipinski definition) is 3. The van der Waals surface area contributed by atoms with Gasteiger partial charge in [0, 0.05) is 6.54 Å². The molecule has 5 nitrogen and oxygen atoms in total. The highest BCUT2D eigenvalue weighted by molar-refractivity contribution is 9.10. The van der Waals surface area contributed by atoms with Crippen molar-refractivity contribution in [3.8, 4) is 5.75 Å². The molecule has 17 heavy (non-hydrogen) atoms. The topological polar surface area (TPSA) is 78.0 Å². The van der Waals surface area contributed by atoms with Crippen LogP contribution < -0.4 is 10.9 Å². The van der Waals surface area contributed by atoms with Gasteiger partial charge in [-0.15, -0.1) is 0 Å². The average molecular weight is 296 g/mol. The molecule has 0 bridgehead atoms. The SMILES string of the molecule is O=c1[nH]cnc(NCc2ccc(O)cc2)c1Br. The Morgan fingerprint density at radius 2 is 2.06 bits per heavy atom. The summed E-state index contributed by atoms with van der Waals surface area (Å²) >= 11 is 3.16. The van der Waals surface area contributed by atoms with E-state index in [0.29, 0.717) is 16.8 Å². The van der Waals surface area contributed by atoms with Gasteiger partial charge in [0.15, 0.2) is 0 Å². The lowest BCUT2D eigenvalue weighted by molar-refractivity contribution is 0.475. The molecule has 0 unspecified atom stereocenters. The Balaban J connectivity index is 2.10. The van der Waals surface area contributed by atoms with Crippen LogP contribution in [0.5, 0.6) is 5.75 Å². The fraction of sp³-hybridized carbons (Fsp3) is 0.0909. The molecule has 0 fully saturated rings. The average Bonchev–Trinajstić information content (AvgIpc) is 2.33. The van der Waals surface area contributed by atoms with Crippen molar-refractivity contribution >= 4 is 21.7 Å². The van der Waals surface area contributed by atoms with Crippen LogP contribution in [-0.2, 0) is 6.54 Å². The lowest BCUT2D eigenvalue weighted by Crippen LogP contribution is -2.11. The fourth-order valence-electron chi connectivity index (χ4n) is 1.31. The number of hydrogen-bond acceptors (Lipinski definition) is 4. The number of aromatic amines is 1. The van der Waals surface area contributed by atoms with E-state index < -0.39 is 0 Å². The van der Waals surface area contributed by atoms with Crippen LogP contribution in [0.1, 0.15) is 5.56 Å². The molecule has 1 aromatic heterocycles. The molecule has 0 aliphatic rings. The molecule has 1 heterocycles. The number of aromatic nitrogens is 2. The Kier molecular flexibility index (Phi) is 3.43. The van der Waals surface area contributed by atoms with E-state index in [1.165, 1.54) is 6.33 Å². The number of benzene rings is 1. The van der Waals surface area contributed by atoms with E-state index >= 15 is 0 Å². The van der Waals surface area contributed by atoms with Crippen LogP contribution in [0, 0.1) is 0 Å². The van der Waals surface area contributed by atoms with Crippen molar-refractivity contribution in [3.63, 3.8) is 0 Å². The minimum Gasteiger partial charge on any atom is -0.508 e. The molecule has 3 N–H and O–H groups in total. The zero-order chi connectivity index (χ0) is 12.3. The summed E-state index contributed by atoms with van der Waals surface area (Å²) in [5.41, 5.74) is 0.755. The number of halogens is 1. The molecule has 0 spiro atoms. The maximum atomic E-state index is 11.3. The molecular formula is C11H10BrN3O2. The second kappa shape index (κ2) is 5.01. The van der Waals surface area contributed by atoms with Crippen LogP contribution in [-0.4, -0.2) is 15.1 Å². The number of phenols is 1. The molecule has 1 aromatic carbocycles. The number of nitrogens with zero attached hydrogens (tertiary/aromatic N) is 1. The summed E-state index contributed by atoms with van der Waals surface area (Å²) in [7, 11) is 0. The Hall–Kier alpha value is -1.82. The van der Waals surface area contributed by atoms with Crippen molar-refractivity contribution < 1.29 is 5.11 Å². The monoisotopic (exact) mass is 295 g/mol. The van der Waals surface area contributed by atoms with Crippen LogP contribution >= 0.6 is 15.9 Å². The number of rotatable bonds is 3. The van der Waals surface area contributed by atoms with Gasteiger partial charge in [0.25, 0.3) is 5.56 Å². The van der Waals surface area contributed by atoms with Gasteiger partial charge in [0.2, 0.25) is 0 Å². The minimum atomic E-state index is -0.229. The summed E-state index contributed by atoms with van der Waals surface area (Å²) in [6.07, 6.45) is 1.34. The Morgan fingerprint density at radius 1 is 1.35 bits per heavy atom. The molecule has 0 aliphatic carbocycles. The van der Waals surface area contributed by atoms with Crippen molar-refractivity contribution in [3.05, 3.63) is 51.0 Å². The maximum Gasteiger partial charge on any atom is 0.267 e. The first-order chi connectivity index (χ1) is 8.16. The maximum absolute atomic E-state index is 11.3. The first kappa shape index (κ1) is 11.7. The Labute approximate surface area is 106 Å². The van der Waals surface area contributed by atoms with Crippen molar-refractivity contribution in [1.82, 2.24) is 9.97 Å². The molecule has 0 aliphatic heterocycles. The van der Waals surface area contributed by atoms with Crippen molar-refractivity contribution in [1.29, 1.82) is 0 Å². The van der Waals surface area contributed by atoms with Crippen molar-refractivity contribution in [2.24, 2.45) is 0 Å². The first-order valence-corrected chi connectivity index (χ1v) is 5.71. The smallest absolute Gasteiger partial charge is 0.267 e. The number of H-pyrrole nitrogens is 1. The van der Waals surface area contributed by atoms with Crippen LogP contribution in [0.4, 0.5) is 5.82 Å². The van der Waals surface area contributed by atoms with Gasteiger partial charge in [-0.2, -0.15) is 0 Å². The lowest BCUT2D eigenvalue weighted by atomic mass is 10.2. The molecular weight excluding hydrogens is 286 g/mol. The van der Waals surface area contributed by atoms with Gasteiger partial charge in [0.05, 0.1) is 6.33 Å². The van der Waals surface area contributed by atoms with Gasteiger partial charge in [-0.25, -0.2) is 4.98 Å². The number of aromatic hydroxyl groups is 1. The summed E-state index contributed by atoms with van der Waals surface area (Å²) in [5.74, 6) is 0.714. The summed E-state index contributed by atoms with van der Waals surface area (Å²) in [5, 5.41) is 12.2. The van der Waals surface area contributed by atoms with E-state index in [9.17, 15) is 4.79 Å². The number of anilines is 1. The van der Waals surface area contributed by atoms with Crippen LogP contribution in [0.25, 0.3) is 0 Å². The van der Waals surface area contributed by atoms with Gasteiger partial charge in [-0.1, -0.05) is 12.1 Å². The predicted octanol–water partition coefficient (Wildman–Crippen LogP) is 1.85. The predicted molar refractivity (Wildman–Crippen MR) is 68.0 cm³/mol. The van der Waals surface area contributed by atoms with Crippen LogP contribution in [0.15, 0.2) is 39.9 Å². The molecule has 88 valence electrons. The largest absolute Gasteiger partial charge is 0.508 e. The van der Waals surface area contributed by atoms with Crippen LogP contribution in [0.2, 0.25) is 0 Å². The number of phenolic OH excluding ortho intramolecular Hbond substituents is 1. The summed E-state index contributed by atoms with van der Waals surface area (Å²) in [6.45, 7) is 0.523. The van der Waals surface area contributed by atoms with E-state index in [-0.39, 0.29) is 11.3 Å². The molecule has 2 aromatic rings. The lowest BCUT2D eigenvalue weighted by Gasteiger charge is -2.06. The van der Waals surface area contributed by atoms with E-state index in [0.717, 1.165) is 5.56 Å². The van der Waals surface area contributed by atoms with E-state index in [4.69, 9.17) is 5.11 Å². The second-order valence-electron chi connectivity index (χ2n) is 3.41. The molecule has 2 rings (SSSR count). The van der Waals surface area contributed by atoms with Gasteiger partial charge in [0.1, 0.15) is 16.0 Å². The zero-order valence-electron chi connectivity index (χ0n) is 8.77. The third-order valence-electron chi connectivity index (χ3n) is 2.19. The highest BCUT2D eigenvalue weighted by atomic mass is 79.9. The van der Waals surface area contributed by atoms with E-state index in [1.54, 1.807) is 24.3 Å². The van der Waals surface area contributed by atoms with E-state index in [1.807, 2.05) is 0 Å². The molecule has 6 heteroatoms. The van der Waals surface area contributed by atoms with Crippen molar-refractivity contribution in [2.75, 3.05) is 5.32 Å². The van der Waals surface area contributed by atoms with Gasteiger partial charge in [-0.05, 0) is 33.6 Å². The van der Waals surface area contributed by atoms with Gasteiger partial charge in [-0.3, -0.25) is 4.79 Å². The minimum absolute atomic E-state index is 0.226. The Morgan fingerprint density at radius 3 is 2.76 bits per heavy atom. The number of nitrogens with one attached hydrogen (secondary N) is 2. The molecule has 0 amide bonds. The Bertz CT molecular complexity index is 566. The highest BCUT2D eigenvalue weighted by Gasteiger charge is 2.04. The zero-order valence-corrected chi connectivity index (χ0v) is 10.4. The third kappa shape index (κ3) is 2.85. The van der Waals surface area contributed by atoms with Crippen molar-refractivity contribution in [2.45, 2.75) is 6.54 Å². The normalized spacial score (nSPS) is 10.2. The summed E-state index contributed by atoms with van der Waals surface area (Å²) < 4.78 is 0.374. The molecule has 0 saturated heterocycles. The quantitative estimate of drug-likeness (QED) is 0.807. The first-order valence-electron chi connectivity index (χ1n) is 4.92. The summed E-state index contributed by atoms with van der Waals surface area (Å²) in [4.78, 5) is 17.7. The van der Waals surface area contributed by atoms with Gasteiger partial charge < -0.3 is 15.4 Å². The summed E-state index contributed by atoms with van der Waals surface area (Å²) in [6, 6.07) is 6.81. The molecule has 0 radical (unpaired) electrons. The second-order valence-corrected chi connectivity index (χ2v) is 4.21. The van der Waals surface area contributed by atoms with E-state index in [2.05, 4.69) is 31.2 Å². The molecule has 0 atom stereocenters. The van der Waals surface area contributed by atoms with Gasteiger partial charge >= 0.3 is 0 Å². The molecule has 0 saturated carbocycles. The third-order valence-corrected chi connectivity index (χ3v) is 2.93. The highest BCUT2D eigenvalue weighted by Crippen LogP contribution is 2.15. The fourth-order valence-corrected chi connectivity index (χ4v) is 1.66.